The molecule has 3 aromatic rings. The lowest BCUT2D eigenvalue weighted by Gasteiger charge is -2.13. The number of pyridine rings is 1. The van der Waals surface area contributed by atoms with Crippen molar-refractivity contribution in [1.82, 2.24) is 14.5 Å². The van der Waals surface area contributed by atoms with Crippen molar-refractivity contribution >= 4 is 11.6 Å². The first kappa shape index (κ1) is 14.2. The van der Waals surface area contributed by atoms with Crippen molar-refractivity contribution < 1.29 is 4.79 Å². The van der Waals surface area contributed by atoms with Gasteiger partial charge in [-0.15, -0.1) is 0 Å². The molecule has 1 aliphatic rings. The topological polar surface area (TPSA) is 42.5 Å². The standard InChI is InChI=1S/C19H14N4O/c1-20-15-6-3-5-13(9-15)14-10-18-16(21-11-14)12-22(2)19(24)17-7-4-8-23(17)18/h3-11H,12H2,2H3. The highest BCUT2D eigenvalue weighted by Crippen LogP contribution is 2.29. The second-order valence-electron chi connectivity index (χ2n) is 5.78. The number of nitrogens with zero attached hydrogens (tertiary/aromatic N) is 4. The molecule has 116 valence electrons. The number of benzene rings is 1. The number of amides is 1. The van der Waals surface area contributed by atoms with E-state index in [2.05, 4.69) is 9.83 Å². The van der Waals surface area contributed by atoms with Gasteiger partial charge in [-0.3, -0.25) is 9.78 Å². The van der Waals surface area contributed by atoms with Crippen molar-refractivity contribution in [3.05, 3.63) is 77.7 Å². The summed E-state index contributed by atoms with van der Waals surface area (Å²) in [6.07, 6.45) is 3.68. The lowest BCUT2D eigenvalue weighted by Crippen LogP contribution is -2.25. The molecule has 5 nitrogen and oxygen atoms in total. The number of carbonyl (C=O) groups is 1. The fraction of sp³-hybridized carbons (Fsp3) is 0.105. The normalized spacial score (nSPS) is 13.0. The number of rotatable bonds is 1. The van der Waals surface area contributed by atoms with Gasteiger partial charge in [-0.2, -0.15) is 0 Å². The van der Waals surface area contributed by atoms with Crippen molar-refractivity contribution in [2.24, 2.45) is 0 Å². The summed E-state index contributed by atoms with van der Waals surface area (Å²) in [7, 11) is 1.78. The van der Waals surface area contributed by atoms with Gasteiger partial charge in [-0.25, -0.2) is 4.85 Å². The monoisotopic (exact) mass is 314 g/mol. The van der Waals surface area contributed by atoms with Crippen molar-refractivity contribution in [1.29, 1.82) is 0 Å². The van der Waals surface area contributed by atoms with E-state index in [1.807, 2.05) is 47.2 Å². The lowest BCUT2D eigenvalue weighted by molar-refractivity contribution is 0.0781. The predicted molar refractivity (Wildman–Crippen MR) is 91.1 cm³/mol. The lowest BCUT2D eigenvalue weighted by atomic mass is 10.1. The molecule has 0 saturated carbocycles. The van der Waals surface area contributed by atoms with Gasteiger partial charge in [-0.1, -0.05) is 18.2 Å². The van der Waals surface area contributed by atoms with E-state index in [-0.39, 0.29) is 5.91 Å². The minimum Gasteiger partial charge on any atom is -0.334 e. The quantitative estimate of drug-likeness (QED) is 0.643. The van der Waals surface area contributed by atoms with Gasteiger partial charge in [-0.05, 0) is 29.8 Å². The van der Waals surface area contributed by atoms with E-state index < -0.39 is 0 Å². The molecule has 0 saturated heterocycles. The predicted octanol–water partition coefficient (Wildman–Crippen LogP) is 3.68. The summed E-state index contributed by atoms with van der Waals surface area (Å²) in [6, 6.07) is 13.2. The number of aromatic nitrogens is 2. The summed E-state index contributed by atoms with van der Waals surface area (Å²) < 4.78 is 1.89. The van der Waals surface area contributed by atoms with Crippen LogP contribution in [-0.2, 0) is 6.54 Å². The summed E-state index contributed by atoms with van der Waals surface area (Å²) >= 11 is 0. The summed E-state index contributed by atoms with van der Waals surface area (Å²) in [6.45, 7) is 7.64. The highest BCUT2D eigenvalue weighted by Gasteiger charge is 2.24. The molecule has 0 atom stereocenters. The second-order valence-corrected chi connectivity index (χ2v) is 5.78. The summed E-state index contributed by atoms with van der Waals surface area (Å²) in [5, 5.41) is 0. The maximum absolute atomic E-state index is 12.4. The maximum Gasteiger partial charge on any atom is 0.270 e. The fourth-order valence-electron chi connectivity index (χ4n) is 2.98. The Morgan fingerprint density at radius 2 is 2.04 bits per heavy atom. The van der Waals surface area contributed by atoms with Crippen LogP contribution < -0.4 is 0 Å². The average Bonchev–Trinajstić information content (AvgIpc) is 3.07. The molecule has 2 aromatic heterocycles. The van der Waals surface area contributed by atoms with Crippen LogP contribution in [-0.4, -0.2) is 27.4 Å². The summed E-state index contributed by atoms with van der Waals surface area (Å²) in [5.74, 6) is -0.0189. The van der Waals surface area contributed by atoms with Crippen LogP contribution in [0.25, 0.3) is 21.7 Å². The SMILES string of the molecule is [C-]#[N+]c1cccc(-c2cnc3c(c2)-n2cccc2C(=O)N(C)C3)c1. The molecule has 0 fully saturated rings. The van der Waals surface area contributed by atoms with E-state index in [4.69, 9.17) is 6.57 Å². The molecule has 0 spiro atoms. The van der Waals surface area contributed by atoms with Gasteiger partial charge in [0, 0.05) is 25.0 Å². The molecule has 1 amide bonds. The molecule has 1 aromatic carbocycles. The second kappa shape index (κ2) is 5.36. The maximum atomic E-state index is 12.4. The first-order valence-corrected chi connectivity index (χ1v) is 7.57. The molecular weight excluding hydrogens is 300 g/mol. The van der Waals surface area contributed by atoms with Crippen molar-refractivity contribution in [3.63, 3.8) is 0 Å². The van der Waals surface area contributed by atoms with E-state index in [1.54, 1.807) is 24.2 Å². The van der Waals surface area contributed by atoms with Gasteiger partial charge in [0.25, 0.3) is 5.91 Å². The molecule has 0 N–H and O–H groups in total. The highest BCUT2D eigenvalue weighted by atomic mass is 16.2. The van der Waals surface area contributed by atoms with Crippen LogP contribution in [0, 0.1) is 6.57 Å². The first-order chi connectivity index (χ1) is 11.7. The molecule has 0 aliphatic carbocycles. The summed E-state index contributed by atoms with van der Waals surface area (Å²) in [4.78, 5) is 22.2. The Labute approximate surface area is 139 Å². The molecule has 24 heavy (non-hydrogen) atoms. The van der Waals surface area contributed by atoms with Gasteiger partial charge in [0.15, 0.2) is 5.69 Å². The van der Waals surface area contributed by atoms with Crippen molar-refractivity contribution in [3.8, 4) is 16.8 Å². The van der Waals surface area contributed by atoms with Gasteiger partial charge in [0.1, 0.15) is 5.69 Å². The third-order valence-corrected chi connectivity index (χ3v) is 4.22. The first-order valence-electron chi connectivity index (χ1n) is 7.57. The van der Waals surface area contributed by atoms with Crippen LogP contribution in [0.4, 0.5) is 5.69 Å². The van der Waals surface area contributed by atoms with Crippen molar-refractivity contribution in [2.45, 2.75) is 6.54 Å². The largest absolute Gasteiger partial charge is 0.334 e. The zero-order chi connectivity index (χ0) is 16.7. The van der Waals surface area contributed by atoms with E-state index in [0.29, 0.717) is 17.9 Å². The zero-order valence-electron chi connectivity index (χ0n) is 13.1. The van der Waals surface area contributed by atoms with Crippen LogP contribution in [0.2, 0.25) is 0 Å². The van der Waals surface area contributed by atoms with Crippen LogP contribution in [0.15, 0.2) is 54.9 Å². The van der Waals surface area contributed by atoms with E-state index in [9.17, 15) is 4.79 Å². The Morgan fingerprint density at radius 1 is 1.17 bits per heavy atom. The highest BCUT2D eigenvalue weighted by molar-refractivity contribution is 5.94. The molecule has 0 radical (unpaired) electrons. The van der Waals surface area contributed by atoms with Gasteiger partial charge >= 0.3 is 0 Å². The third-order valence-electron chi connectivity index (χ3n) is 4.22. The fourth-order valence-corrected chi connectivity index (χ4v) is 2.98. The zero-order valence-corrected chi connectivity index (χ0v) is 13.1. The average molecular weight is 314 g/mol. The minimum atomic E-state index is -0.0189. The Morgan fingerprint density at radius 3 is 2.88 bits per heavy atom. The Hall–Kier alpha value is -3.39. The molecule has 1 aliphatic heterocycles. The number of hydrogen-bond acceptors (Lipinski definition) is 2. The van der Waals surface area contributed by atoms with Crippen LogP contribution >= 0.6 is 0 Å². The molecule has 5 heteroatoms. The molecular formula is C19H14N4O. The Balaban J connectivity index is 1.90. The van der Waals surface area contributed by atoms with E-state index >= 15 is 0 Å². The van der Waals surface area contributed by atoms with Crippen molar-refractivity contribution in [2.75, 3.05) is 7.05 Å². The number of hydrogen-bond donors (Lipinski definition) is 0. The number of fused-ring (bicyclic) bond motifs is 3. The van der Waals surface area contributed by atoms with E-state index in [0.717, 1.165) is 22.5 Å². The van der Waals surface area contributed by atoms with Gasteiger partial charge in [0.2, 0.25) is 0 Å². The number of carbonyl (C=O) groups excluding carboxylic acids is 1. The van der Waals surface area contributed by atoms with Crippen LogP contribution in [0.3, 0.4) is 0 Å². The molecule has 0 bridgehead atoms. The Kier molecular flexibility index (Phi) is 3.17. The van der Waals surface area contributed by atoms with Crippen LogP contribution in [0.5, 0.6) is 0 Å². The molecule has 3 heterocycles. The molecule has 4 rings (SSSR count). The van der Waals surface area contributed by atoms with Crippen LogP contribution in [0.1, 0.15) is 16.2 Å². The molecule has 0 unspecified atom stereocenters. The Bertz CT molecular complexity index is 997. The third kappa shape index (κ3) is 2.17. The van der Waals surface area contributed by atoms with E-state index in [1.165, 1.54) is 0 Å². The minimum absolute atomic E-state index is 0.0189. The summed E-state index contributed by atoms with van der Waals surface area (Å²) in [5.41, 5.74) is 4.85. The smallest absolute Gasteiger partial charge is 0.270 e. The van der Waals surface area contributed by atoms with Gasteiger partial charge in [0.05, 0.1) is 24.5 Å². The van der Waals surface area contributed by atoms with Gasteiger partial charge < -0.3 is 9.47 Å².